The van der Waals surface area contributed by atoms with Crippen LogP contribution in [0.15, 0.2) is 42.5 Å². The summed E-state index contributed by atoms with van der Waals surface area (Å²) in [5.41, 5.74) is -0.131. The number of rotatable bonds is 3. The highest BCUT2D eigenvalue weighted by molar-refractivity contribution is 6.33. The first-order chi connectivity index (χ1) is 11.1. The third kappa shape index (κ3) is 3.24. The van der Waals surface area contributed by atoms with E-state index in [0.29, 0.717) is 18.1 Å². The molecule has 0 aliphatic carbocycles. The molecule has 0 saturated carbocycles. The van der Waals surface area contributed by atoms with Crippen molar-refractivity contribution in [1.82, 2.24) is 4.90 Å². The van der Waals surface area contributed by atoms with Crippen LogP contribution in [-0.4, -0.2) is 37.1 Å². The number of hydrogen-bond donors (Lipinski definition) is 0. The van der Waals surface area contributed by atoms with E-state index in [1.807, 2.05) is 18.2 Å². The van der Waals surface area contributed by atoms with Crippen molar-refractivity contribution in [3.63, 3.8) is 0 Å². The summed E-state index contributed by atoms with van der Waals surface area (Å²) in [5, 5.41) is 0.0907. The van der Waals surface area contributed by atoms with E-state index < -0.39 is 11.7 Å². The molecule has 120 valence electrons. The number of amides is 1. The number of fused-ring (bicyclic) bond motifs is 1. The van der Waals surface area contributed by atoms with Crippen molar-refractivity contribution in [3.8, 4) is 11.5 Å². The van der Waals surface area contributed by atoms with Crippen molar-refractivity contribution in [1.29, 1.82) is 0 Å². The lowest BCUT2D eigenvalue weighted by atomic mass is 10.1. The Morgan fingerprint density at radius 2 is 2.00 bits per heavy atom. The molecule has 0 radical (unpaired) electrons. The fraction of sp³-hybridized carbons (Fsp3) is 0.235. The minimum atomic E-state index is -0.638. The second kappa shape index (κ2) is 6.46. The summed E-state index contributed by atoms with van der Waals surface area (Å²) in [6, 6.07) is 11.5. The predicted octanol–water partition coefficient (Wildman–Crippen LogP) is 3.39. The molecule has 1 aliphatic heterocycles. The van der Waals surface area contributed by atoms with E-state index in [-0.39, 0.29) is 23.2 Å². The van der Waals surface area contributed by atoms with Crippen molar-refractivity contribution in [2.75, 3.05) is 20.2 Å². The summed E-state index contributed by atoms with van der Waals surface area (Å²) < 4.78 is 25.3. The Hall–Kier alpha value is -2.27. The second-order valence-corrected chi connectivity index (χ2v) is 5.69. The van der Waals surface area contributed by atoms with E-state index in [1.54, 1.807) is 13.1 Å². The van der Waals surface area contributed by atoms with Crippen molar-refractivity contribution in [3.05, 3.63) is 58.9 Å². The molecule has 2 aromatic carbocycles. The molecule has 0 aromatic heterocycles. The zero-order valence-electron chi connectivity index (χ0n) is 12.5. The number of carbonyl (C=O) groups excluding carboxylic acids is 1. The monoisotopic (exact) mass is 335 g/mol. The number of carbonyl (C=O) groups is 1. The lowest BCUT2D eigenvalue weighted by molar-refractivity contribution is 0.0518. The van der Waals surface area contributed by atoms with E-state index in [2.05, 4.69) is 0 Å². The molecule has 1 atom stereocenters. The lowest BCUT2D eigenvalue weighted by Gasteiger charge is -2.29. The van der Waals surface area contributed by atoms with Crippen LogP contribution in [0.1, 0.15) is 10.4 Å². The number of para-hydroxylation sites is 2. The average molecular weight is 336 g/mol. The van der Waals surface area contributed by atoms with Crippen LogP contribution in [0.25, 0.3) is 0 Å². The normalized spacial score (nSPS) is 16.0. The van der Waals surface area contributed by atoms with E-state index in [0.717, 1.165) is 0 Å². The van der Waals surface area contributed by atoms with Gasteiger partial charge in [0, 0.05) is 7.05 Å². The zero-order chi connectivity index (χ0) is 16.4. The molecule has 0 fully saturated rings. The molecular weight excluding hydrogens is 321 g/mol. The van der Waals surface area contributed by atoms with Gasteiger partial charge in [-0.1, -0.05) is 29.8 Å². The van der Waals surface area contributed by atoms with Gasteiger partial charge in [-0.05, 0) is 24.3 Å². The van der Waals surface area contributed by atoms with Gasteiger partial charge in [-0.2, -0.15) is 0 Å². The van der Waals surface area contributed by atoms with Crippen molar-refractivity contribution >= 4 is 17.5 Å². The van der Waals surface area contributed by atoms with E-state index >= 15 is 0 Å². The zero-order valence-corrected chi connectivity index (χ0v) is 13.2. The van der Waals surface area contributed by atoms with E-state index in [4.69, 9.17) is 21.1 Å². The SMILES string of the molecule is CN(CC1COc2ccccc2O1)C(=O)c1c(F)cccc1Cl. The van der Waals surface area contributed by atoms with E-state index in [1.165, 1.54) is 23.1 Å². The fourth-order valence-corrected chi connectivity index (χ4v) is 2.68. The van der Waals surface area contributed by atoms with Gasteiger partial charge in [-0.25, -0.2) is 4.39 Å². The Morgan fingerprint density at radius 3 is 2.74 bits per heavy atom. The van der Waals surface area contributed by atoms with Crippen molar-refractivity contribution < 1.29 is 18.7 Å². The lowest BCUT2D eigenvalue weighted by Crippen LogP contribution is -2.42. The third-order valence-electron chi connectivity index (χ3n) is 3.57. The van der Waals surface area contributed by atoms with Crippen LogP contribution in [0.4, 0.5) is 4.39 Å². The summed E-state index contributed by atoms with van der Waals surface area (Å²) in [6.07, 6.45) is -0.329. The third-order valence-corrected chi connectivity index (χ3v) is 3.88. The quantitative estimate of drug-likeness (QED) is 0.863. The van der Waals surface area contributed by atoms with Gasteiger partial charge in [0.1, 0.15) is 12.4 Å². The minimum Gasteiger partial charge on any atom is -0.486 e. The van der Waals surface area contributed by atoms with Gasteiger partial charge in [-0.15, -0.1) is 0 Å². The van der Waals surface area contributed by atoms with Crippen LogP contribution < -0.4 is 9.47 Å². The highest BCUT2D eigenvalue weighted by atomic mass is 35.5. The highest BCUT2D eigenvalue weighted by Crippen LogP contribution is 2.31. The molecule has 2 aromatic rings. The Balaban J connectivity index is 1.70. The maximum absolute atomic E-state index is 13.8. The smallest absolute Gasteiger partial charge is 0.258 e. The van der Waals surface area contributed by atoms with Crippen LogP contribution >= 0.6 is 11.6 Å². The molecule has 1 heterocycles. The molecular formula is C17H15ClFNO3. The first kappa shape index (κ1) is 15.6. The summed E-state index contributed by atoms with van der Waals surface area (Å²) in [4.78, 5) is 13.8. The molecule has 1 amide bonds. The van der Waals surface area contributed by atoms with Gasteiger partial charge in [0.05, 0.1) is 17.1 Å². The Bertz CT molecular complexity index is 717. The number of likely N-dealkylation sites (N-methyl/N-ethyl adjacent to an activating group) is 1. The molecule has 6 heteroatoms. The second-order valence-electron chi connectivity index (χ2n) is 5.28. The summed E-state index contributed by atoms with van der Waals surface area (Å²) in [7, 11) is 1.58. The predicted molar refractivity (Wildman–Crippen MR) is 84.7 cm³/mol. The molecule has 0 bridgehead atoms. The van der Waals surface area contributed by atoms with Crippen molar-refractivity contribution in [2.24, 2.45) is 0 Å². The van der Waals surface area contributed by atoms with Gasteiger partial charge in [-0.3, -0.25) is 4.79 Å². The molecule has 4 nitrogen and oxygen atoms in total. The topological polar surface area (TPSA) is 38.8 Å². The maximum Gasteiger partial charge on any atom is 0.258 e. The largest absolute Gasteiger partial charge is 0.486 e. The van der Waals surface area contributed by atoms with E-state index in [9.17, 15) is 9.18 Å². The van der Waals surface area contributed by atoms with Gasteiger partial charge < -0.3 is 14.4 Å². The maximum atomic E-state index is 13.8. The van der Waals surface area contributed by atoms with Gasteiger partial charge in [0.15, 0.2) is 17.6 Å². The molecule has 0 spiro atoms. The Kier molecular flexibility index (Phi) is 4.39. The first-order valence-electron chi connectivity index (χ1n) is 7.14. The molecule has 1 aliphatic rings. The highest BCUT2D eigenvalue weighted by Gasteiger charge is 2.26. The first-order valence-corrected chi connectivity index (χ1v) is 7.52. The van der Waals surface area contributed by atoms with Crippen LogP contribution in [0, 0.1) is 5.82 Å². The van der Waals surface area contributed by atoms with Crippen molar-refractivity contribution in [2.45, 2.75) is 6.10 Å². The number of benzene rings is 2. The Morgan fingerprint density at radius 1 is 1.26 bits per heavy atom. The van der Waals surface area contributed by atoms with Gasteiger partial charge in [0.2, 0.25) is 0 Å². The standard InChI is InChI=1S/C17H15ClFNO3/c1-20(17(21)16-12(18)5-4-6-13(16)19)9-11-10-22-14-7-2-3-8-15(14)23-11/h2-8,11H,9-10H2,1H3. The van der Waals surface area contributed by atoms with Crippen LogP contribution in [0.3, 0.4) is 0 Å². The average Bonchev–Trinajstić information content (AvgIpc) is 2.54. The van der Waals surface area contributed by atoms with Crippen LogP contribution in [0.5, 0.6) is 11.5 Å². The van der Waals surface area contributed by atoms with Gasteiger partial charge in [0.25, 0.3) is 5.91 Å². The minimum absolute atomic E-state index is 0.0907. The molecule has 0 N–H and O–H groups in total. The fourth-order valence-electron chi connectivity index (χ4n) is 2.43. The summed E-state index contributed by atoms with van der Waals surface area (Å²) in [6.45, 7) is 0.581. The molecule has 1 unspecified atom stereocenters. The summed E-state index contributed by atoms with van der Waals surface area (Å²) >= 11 is 5.93. The molecule has 0 saturated heterocycles. The van der Waals surface area contributed by atoms with Crippen LogP contribution in [-0.2, 0) is 0 Å². The van der Waals surface area contributed by atoms with Gasteiger partial charge >= 0.3 is 0 Å². The molecule has 23 heavy (non-hydrogen) atoms. The summed E-state index contributed by atoms with van der Waals surface area (Å²) in [5.74, 6) is 0.180. The number of ether oxygens (including phenoxy) is 2. The molecule has 3 rings (SSSR count). The number of nitrogens with zero attached hydrogens (tertiary/aromatic N) is 1. The number of hydrogen-bond acceptors (Lipinski definition) is 3. The van der Waals surface area contributed by atoms with Crippen LogP contribution in [0.2, 0.25) is 5.02 Å². The Labute approximate surface area is 138 Å². The number of halogens is 2.